The molecule has 1 atom stereocenters. The van der Waals surface area contributed by atoms with E-state index in [-0.39, 0.29) is 0 Å². The first-order valence-corrected chi connectivity index (χ1v) is 7.00. The van der Waals surface area contributed by atoms with E-state index in [2.05, 4.69) is 47.4 Å². The summed E-state index contributed by atoms with van der Waals surface area (Å²) < 4.78 is 2.58. The summed E-state index contributed by atoms with van der Waals surface area (Å²) in [6.07, 6.45) is 6.57. The summed E-state index contributed by atoms with van der Waals surface area (Å²) in [5.41, 5.74) is 0. The minimum Gasteiger partial charge on any atom is -0.354 e. The summed E-state index contributed by atoms with van der Waals surface area (Å²) >= 11 is 2.08. The molecule has 1 aliphatic heterocycles. The van der Waals surface area contributed by atoms with E-state index in [9.17, 15) is 0 Å². The van der Waals surface area contributed by atoms with Crippen molar-refractivity contribution in [1.82, 2.24) is 9.55 Å². The van der Waals surface area contributed by atoms with Gasteiger partial charge in [0.25, 0.3) is 0 Å². The van der Waals surface area contributed by atoms with Crippen molar-refractivity contribution in [2.45, 2.75) is 44.4 Å². The molecule has 0 saturated carbocycles. The van der Waals surface area contributed by atoms with Gasteiger partial charge in [0, 0.05) is 29.7 Å². The molecule has 1 aromatic rings. The number of rotatable bonds is 4. The van der Waals surface area contributed by atoms with Crippen molar-refractivity contribution in [3.8, 4) is 0 Å². The third kappa shape index (κ3) is 2.54. The second kappa shape index (κ2) is 4.70. The van der Waals surface area contributed by atoms with Gasteiger partial charge in [0.05, 0.1) is 0 Å². The number of nitrogens with zero attached hydrogens (tertiary/aromatic N) is 2. The topological polar surface area (TPSA) is 29.9 Å². The molecule has 1 unspecified atom stereocenters. The van der Waals surface area contributed by atoms with Crippen LogP contribution in [0.5, 0.6) is 0 Å². The predicted octanol–water partition coefficient (Wildman–Crippen LogP) is 3.16. The molecule has 0 aliphatic carbocycles. The molecule has 2 rings (SSSR count). The van der Waals surface area contributed by atoms with E-state index in [1.165, 1.54) is 18.6 Å². The van der Waals surface area contributed by atoms with Gasteiger partial charge in [-0.2, -0.15) is 11.8 Å². The van der Waals surface area contributed by atoms with Gasteiger partial charge in [0.1, 0.15) is 0 Å². The molecule has 1 aliphatic rings. The molecule has 16 heavy (non-hydrogen) atoms. The van der Waals surface area contributed by atoms with E-state index in [4.69, 9.17) is 0 Å². The van der Waals surface area contributed by atoms with E-state index in [0.29, 0.717) is 10.8 Å². The predicted molar refractivity (Wildman–Crippen MR) is 71.2 cm³/mol. The Labute approximate surface area is 102 Å². The van der Waals surface area contributed by atoms with Gasteiger partial charge < -0.3 is 9.88 Å². The molecule has 1 fully saturated rings. The first kappa shape index (κ1) is 11.8. The maximum atomic E-state index is 4.37. The van der Waals surface area contributed by atoms with Gasteiger partial charge in [-0.05, 0) is 39.4 Å². The normalized spacial score (nSPS) is 25.2. The summed E-state index contributed by atoms with van der Waals surface area (Å²) in [5.74, 6) is 2.31. The van der Waals surface area contributed by atoms with Crippen LogP contribution >= 0.6 is 11.8 Å². The largest absolute Gasteiger partial charge is 0.354 e. The number of anilines is 1. The molecule has 1 saturated heterocycles. The highest BCUT2D eigenvalue weighted by molar-refractivity contribution is 8.00. The standard InChI is InChI=1S/C12H21N3S/c1-10(2)15-7-6-13-11(15)14-9-12(3)5-4-8-16-12/h6-7,10H,4-5,8-9H2,1-3H3,(H,13,14). The second-order valence-electron chi connectivity index (χ2n) is 5.01. The Hall–Kier alpha value is -0.640. The van der Waals surface area contributed by atoms with Crippen LogP contribution in [-0.4, -0.2) is 26.6 Å². The van der Waals surface area contributed by atoms with Gasteiger partial charge in [0.15, 0.2) is 0 Å². The van der Waals surface area contributed by atoms with E-state index < -0.39 is 0 Å². The van der Waals surface area contributed by atoms with Crippen LogP contribution in [-0.2, 0) is 0 Å². The van der Waals surface area contributed by atoms with Crippen LogP contribution < -0.4 is 5.32 Å². The van der Waals surface area contributed by atoms with Crippen molar-refractivity contribution in [3.05, 3.63) is 12.4 Å². The van der Waals surface area contributed by atoms with Crippen LogP contribution in [0.4, 0.5) is 5.95 Å². The fraction of sp³-hybridized carbons (Fsp3) is 0.750. The summed E-state index contributed by atoms with van der Waals surface area (Å²) in [6.45, 7) is 7.72. The van der Waals surface area contributed by atoms with Crippen molar-refractivity contribution >= 4 is 17.7 Å². The van der Waals surface area contributed by atoms with Gasteiger partial charge in [-0.3, -0.25) is 0 Å². The lowest BCUT2D eigenvalue weighted by atomic mass is 10.1. The lowest BCUT2D eigenvalue weighted by Crippen LogP contribution is -2.28. The van der Waals surface area contributed by atoms with Crippen molar-refractivity contribution in [3.63, 3.8) is 0 Å². The molecule has 0 radical (unpaired) electrons. The van der Waals surface area contributed by atoms with Gasteiger partial charge in [0.2, 0.25) is 5.95 Å². The maximum Gasteiger partial charge on any atom is 0.203 e. The van der Waals surface area contributed by atoms with Crippen LogP contribution in [0, 0.1) is 0 Å². The van der Waals surface area contributed by atoms with E-state index >= 15 is 0 Å². The zero-order valence-corrected chi connectivity index (χ0v) is 11.2. The van der Waals surface area contributed by atoms with E-state index in [0.717, 1.165) is 12.5 Å². The molecule has 0 spiro atoms. The molecule has 0 bridgehead atoms. The number of hydrogen-bond acceptors (Lipinski definition) is 3. The summed E-state index contributed by atoms with van der Waals surface area (Å²) in [6, 6.07) is 0.467. The second-order valence-corrected chi connectivity index (χ2v) is 6.69. The van der Waals surface area contributed by atoms with Crippen LogP contribution in [0.2, 0.25) is 0 Å². The molecule has 1 N–H and O–H groups in total. The van der Waals surface area contributed by atoms with Crippen LogP contribution in [0.1, 0.15) is 39.7 Å². The summed E-state index contributed by atoms with van der Waals surface area (Å²) in [4.78, 5) is 4.37. The highest BCUT2D eigenvalue weighted by Crippen LogP contribution is 2.37. The Morgan fingerprint density at radius 1 is 1.62 bits per heavy atom. The first-order chi connectivity index (χ1) is 7.61. The third-order valence-corrected chi connectivity index (χ3v) is 4.68. The first-order valence-electron chi connectivity index (χ1n) is 6.01. The fourth-order valence-corrected chi connectivity index (χ4v) is 3.35. The molecule has 0 amide bonds. The number of thioether (sulfide) groups is 1. The number of nitrogens with one attached hydrogen (secondary N) is 1. The lowest BCUT2D eigenvalue weighted by molar-refractivity contribution is 0.591. The van der Waals surface area contributed by atoms with E-state index in [1.54, 1.807) is 0 Å². The molecule has 3 nitrogen and oxygen atoms in total. The van der Waals surface area contributed by atoms with Crippen molar-refractivity contribution < 1.29 is 0 Å². The van der Waals surface area contributed by atoms with Crippen molar-refractivity contribution in [2.24, 2.45) is 0 Å². The molecule has 1 aromatic heterocycles. The highest BCUT2D eigenvalue weighted by atomic mass is 32.2. The summed E-state index contributed by atoms with van der Waals surface area (Å²) in [5, 5.41) is 3.49. The molecular formula is C12H21N3S. The maximum absolute atomic E-state index is 4.37. The fourth-order valence-electron chi connectivity index (χ4n) is 2.11. The van der Waals surface area contributed by atoms with Gasteiger partial charge in [-0.25, -0.2) is 4.98 Å². The Morgan fingerprint density at radius 2 is 2.44 bits per heavy atom. The molecular weight excluding hydrogens is 218 g/mol. The van der Waals surface area contributed by atoms with Gasteiger partial charge in [-0.1, -0.05) is 0 Å². The van der Waals surface area contributed by atoms with Gasteiger partial charge in [-0.15, -0.1) is 0 Å². The van der Waals surface area contributed by atoms with Crippen molar-refractivity contribution in [1.29, 1.82) is 0 Å². The SMILES string of the molecule is CC(C)n1ccnc1NCC1(C)CCCS1. The van der Waals surface area contributed by atoms with Crippen LogP contribution in [0.3, 0.4) is 0 Å². The van der Waals surface area contributed by atoms with Crippen molar-refractivity contribution in [2.75, 3.05) is 17.6 Å². The average Bonchev–Trinajstić information content (AvgIpc) is 2.83. The Balaban J connectivity index is 1.96. The summed E-state index contributed by atoms with van der Waals surface area (Å²) in [7, 11) is 0. The number of aromatic nitrogens is 2. The molecule has 0 aromatic carbocycles. The Morgan fingerprint density at radius 3 is 3.06 bits per heavy atom. The average molecular weight is 239 g/mol. The minimum absolute atomic E-state index is 0.397. The monoisotopic (exact) mass is 239 g/mol. The Bertz CT molecular complexity index is 340. The molecule has 4 heteroatoms. The van der Waals surface area contributed by atoms with Gasteiger partial charge >= 0.3 is 0 Å². The zero-order valence-electron chi connectivity index (χ0n) is 10.4. The zero-order chi connectivity index (χ0) is 11.6. The molecule has 90 valence electrons. The smallest absolute Gasteiger partial charge is 0.203 e. The van der Waals surface area contributed by atoms with E-state index in [1.807, 2.05) is 12.4 Å². The number of imidazole rings is 1. The van der Waals surface area contributed by atoms with Crippen LogP contribution in [0.15, 0.2) is 12.4 Å². The quantitative estimate of drug-likeness (QED) is 0.875. The molecule has 2 heterocycles. The van der Waals surface area contributed by atoms with Crippen LogP contribution in [0.25, 0.3) is 0 Å². The lowest BCUT2D eigenvalue weighted by Gasteiger charge is -2.24. The minimum atomic E-state index is 0.397. The third-order valence-electron chi connectivity index (χ3n) is 3.15. The Kier molecular flexibility index (Phi) is 3.47. The number of hydrogen-bond donors (Lipinski definition) is 1. The highest BCUT2D eigenvalue weighted by Gasteiger charge is 2.29.